The van der Waals surface area contributed by atoms with Crippen LogP contribution in [-0.4, -0.2) is 55.0 Å². The van der Waals surface area contributed by atoms with Crippen LogP contribution in [0.2, 0.25) is 0 Å². The number of pyridine rings is 2. The van der Waals surface area contributed by atoms with Crippen molar-refractivity contribution in [3.05, 3.63) is 99.8 Å². The molecule has 12 heteroatoms. The highest BCUT2D eigenvalue weighted by atomic mass is 32.2. The molecule has 1 amide bonds. The lowest BCUT2D eigenvalue weighted by Crippen LogP contribution is -2.66. The van der Waals surface area contributed by atoms with Gasteiger partial charge in [0.25, 0.3) is 5.91 Å². The summed E-state index contributed by atoms with van der Waals surface area (Å²) in [6, 6.07) is 19.6. The monoisotopic (exact) mass is 656 g/mol. The maximum absolute atomic E-state index is 13.8. The molecular weight excluding hydrogens is 620 g/mol. The molecule has 8 rings (SSSR count). The number of carbonyl (C=O) groups is 2. The first kappa shape index (κ1) is 31.1. The number of methoxy groups -OCH3 is 1. The highest BCUT2D eigenvalue weighted by Crippen LogP contribution is 2.56. The molecule has 11 nitrogen and oxygen atoms in total. The third-order valence-electron chi connectivity index (χ3n) is 9.91. The van der Waals surface area contributed by atoms with E-state index in [-0.39, 0.29) is 47.1 Å². The molecule has 4 bridgehead atoms. The van der Waals surface area contributed by atoms with Crippen molar-refractivity contribution in [3.63, 3.8) is 0 Å². The van der Waals surface area contributed by atoms with E-state index < -0.39 is 21.7 Å². The van der Waals surface area contributed by atoms with Crippen LogP contribution in [0.15, 0.2) is 77.7 Å². The van der Waals surface area contributed by atoms with Crippen molar-refractivity contribution in [2.24, 2.45) is 17.8 Å². The van der Waals surface area contributed by atoms with Gasteiger partial charge in [-0.15, -0.1) is 0 Å². The Morgan fingerprint density at radius 1 is 0.979 bits per heavy atom. The summed E-state index contributed by atoms with van der Waals surface area (Å²) in [5.41, 5.74) is 1.71. The number of para-hydroxylation sites is 1. The zero-order valence-corrected chi connectivity index (χ0v) is 27.0. The first-order valence-corrected chi connectivity index (χ1v) is 17.6. The number of fused-ring (bicyclic) bond motifs is 1. The second-order valence-electron chi connectivity index (χ2n) is 13.2. The van der Waals surface area contributed by atoms with Crippen LogP contribution in [-0.2, 0) is 21.2 Å². The number of sulfonamides is 1. The third-order valence-corrected chi connectivity index (χ3v) is 10.7. The molecule has 2 N–H and O–H groups in total. The molecule has 2 aromatic carbocycles. The second kappa shape index (κ2) is 11.9. The van der Waals surface area contributed by atoms with Crippen molar-refractivity contribution in [2.45, 2.75) is 50.1 Å². The smallest absolute Gasteiger partial charge is 0.437 e. The Labute approximate surface area is 272 Å². The van der Waals surface area contributed by atoms with Crippen LogP contribution in [0.3, 0.4) is 0 Å². The molecular formula is C35H36N4O7S. The molecule has 3 unspecified atom stereocenters. The Balaban J connectivity index is 1.15. The number of hydrogen-bond donors (Lipinski definition) is 2. The minimum Gasteiger partial charge on any atom is -0.437 e. The van der Waals surface area contributed by atoms with Crippen LogP contribution in [0.4, 0.5) is 4.79 Å². The number of aromatic nitrogens is 2. The summed E-state index contributed by atoms with van der Waals surface area (Å²) in [4.78, 5) is 44.2. The van der Waals surface area contributed by atoms with Crippen LogP contribution >= 0.6 is 0 Å². The Kier molecular flexibility index (Phi) is 7.88. The molecule has 4 fully saturated rings. The van der Waals surface area contributed by atoms with Crippen LogP contribution in [0.1, 0.15) is 53.6 Å². The van der Waals surface area contributed by atoms with E-state index in [2.05, 4.69) is 15.0 Å². The van der Waals surface area contributed by atoms with Crippen molar-refractivity contribution >= 4 is 33.1 Å². The number of nitrogens with one attached hydrogen (secondary N) is 2. The Morgan fingerprint density at radius 2 is 1.68 bits per heavy atom. The number of hydrogen-bond acceptors (Lipinski definition) is 8. The molecule has 2 heterocycles. The van der Waals surface area contributed by atoms with Crippen molar-refractivity contribution < 1.29 is 27.5 Å². The van der Waals surface area contributed by atoms with Crippen molar-refractivity contribution in [3.8, 4) is 11.6 Å². The fourth-order valence-corrected chi connectivity index (χ4v) is 9.47. The highest BCUT2D eigenvalue weighted by molar-refractivity contribution is 7.88. The van der Waals surface area contributed by atoms with E-state index in [1.807, 2.05) is 30.3 Å². The predicted molar refractivity (Wildman–Crippen MR) is 175 cm³/mol. The van der Waals surface area contributed by atoms with Gasteiger partial charge in [0, 0.05) is 29.8 Å². The van der Waals surface area contributed by atoms with Crippen LogP contribution in [0.5, 0.6) is 5.88 Å². The Bertz CT molecular complexity index is 2010. The van der Waals surface area contributed by atoms with Gasteiger partial charge in [0.1, 0.15) is 0 Å². The molecule has 244 valence electrons. The van der Waals surface area contributed by atoms with Gasteiger partial charge in [0.05, 0.1) is 30.0 Å². The maximum atomic E-state index is 13.8. The van der Waals surface area contributed by atoms with Gasteiger partial charge < -0.3 is 14.8 Å². The number of nitrogens with zero attached hydrogens (tertiary/aromatic N) is 2. The number of ether oxygens (including phenoxy) is 2. The number of amides is 1. The Morgan fingerprint density at radius 3 is 2.34 bits per heavy atom. The van der Waals surface area contributed by atoms with Crippen molar-refractivity contribution in [1.82, 2.24) is 19.6 Å². The quantitative estimate of drug-likeness (QED) is 0.267. The van der Waals surface area contributed by atoms with E-state index in [9.17, 15) is 22.8 Å². The highest BCUT2D eigenvalue weighted by Gasteiger charge is 2.56. The lowest BCUT2D eigenvalue weighted by molar-refractivity contribution is -0.0347. The molecule has 0 saturated heterocycles. The SMILES string of the molecule is COC(=O)Oc1c(Cc2ccc(C(=O)NC3[C@@H]4CC5C[C@H]3CC(NS(C)(=O)=O)(C5)C4)cc2)c(=O)c2cccnc2n1-c1ccccc1. The van der Waals surface area contributed by atoms with E-state index in [0.29, 0.717) is 28.2 Å². The standard InChI is InChI=1S/C35H36N4O7S/c1-45-34(42)46-33-28(30(40)27-9-6-14-36-31(27)39(33)26-7-4-3-5-8-26)17-21-10-12-23(13-11-21)32(41)37-29-24-15-22-16-25(29)20-35(18-22,19-24)38-47(2,43)44/h3-14,22,24-25,29,38H,15-20H2,1-2H3,(H,37,41)/t22?,24-,25+,29?,35?. The molecule has 47 heavy (non-hydrogen) atoms. The summed E-state index contributed by atoms with van der Waals surface area (Å²) in [6.07, 6.45) is 6.25. The van der Waals surface area contributed by atoms with Gasteiger partial charge in [0.2, 0.25) is 15.9 Å². The van der Waals surface area contributed by atoms with E-state index in [1.165, 1.54) is 13.4 Å². The summed E-state index contributed by atoms with van der Waals surface area (Å²) < 4.78 is 39.2. The lowest BCUT2D eigenvalue weighted by atomic mass is 9.51. The summed E-state index contributed by atoms with van der Waals surface area (Å²) in [5, 5.41) is 3.64. The Hall–Kier alpha value is -4.55. The predicted octanol–water partition coefficient (Wildman–Crippen LogP) is 4.35. The molecule has 0 spiro atoms. The van der Waals surface area contributed by atoms with Gasteiger partial charge >= 0.3 is 6.16 Å². The minimum absolute atomic E-state index is 0.00564. The van der Waals surface area contributed by atoms with E-state index in [4.69, 9.17) is 9.47 Å². The fourth-order valence-electron chi connectivity index (χ4n) is 8.43. The van der Waals surface area contributed by atoms with Gasteiger partial charge in [0.15, 0.2) is 11.1 Å². The van der Waals surface area contributed by atoms with Crippen molar-refractivity contribution in [2.75, 3.05) is 13.4 Å². The molecule has 4 aliphatic rings. The maximum Gasteiger partial charge on any atom is 0.514 e. The zero-order chi connectivity index (χ0) is 32.9. The van der Waals surface area contributed by atoms with Crippen molar-refractivity contribution in [1.29, 1.82) is 0 Å². The summed E-state index contributed by atoms with van der Waals surface area (Å²) in [7, 11) is -2.13. The van der Waals surface area contributed by atoms with Crippen LogP contribution in [0, 0.1) is 17.8 Å². The van der Waals surface area contributed by atoms with Crippen LogP contribution < -0.4 is 20.2 Å². The average Bonchev–Trinajstić information content (AvgIpc) is 3.04. The zero-order valence-electron chi connectivity index (χ0n) is 26.1. The van der Waals surface area contributed by atoms with Gasteiger partial charge in [-0.3, -0.25) is 14.2 Å². The van der Waals surface area contributed by atoms with E-state index in [1.54, 1.807) is 47.2 Å². The topological polar surface area (TPSA) is 146 Å². The summed E-state index contributed by atoms with van der Waals surface area (Å²) >= 11 is 0. The number of benzene rings is 2. The minimum atomic E-state index is -3.33. The number of rotatable bonds is 8. The first-order chi connectivity index (χ1) is 22.5. The first-order valence-electron chi connectivity index (χ1n) is 15.7. The molecule has 0 radical (unpaired) electrons. The average molecular weight is 657 g/mol. The van der Waals surface area contributed by atoms with Gasteiger partial charge in [-0.25, -0.2) is 22.9 Å². The van der Waals surface area contributed by atoms with Crippen LogP contribution in [0.25, 0.3) is 16.7 Å². The molecule has 4 aromatic rings. The van der Waals surface area contributed by atoms with Gasteiger partial charge in [-0.1, -0.05) is 30.3 Å². The fraction of sp³-hybridized carbons (Fsp3) is 0.371. The largest absolute Gasteiger partial charge is 0.514 e. The van der Waals surface area contributed by atoms with E-state index >= 15 is 0 Å². The summed E-state index contributed by atoms with van der Waals surface area (Å²) in [5.74, 6) is 0.741. The van der Waals surface area contributed by atoms with Gasteiger partial charge in [-0.05, 0) is 91.8 Å². The van der Waals surface area contributed by atoms with Gasteiger partial charge in [-0.2, -0.15) is 0 Å². The normalized spacial score (nSPS) is 24.6. The number of carbonyl (C=O) groups excluding carboxylic acids is 2. The lowest BCUT2D eigenvalue weighted by Gasteiger charge is -2.59. The molecule has 2 aromatic heterocycles. The molecule has 5 atom stereocenters. The summed E-state index contributed by atoms with van der Waals surface area (Å²) in [6.45, 7) is 0. The second-order valence-corrected chi connectivity index (χ2v) is 15.0. The molecule has 0 aliphatic heterocycles. The molecule has 4 aliphatic carbocycles. The third kappa shape index (κ3) is 6.03. The molecule has 4 saturated carbocycles. The van der Waals surface area contributed by atoms with E-state index in [0.717, 1.165) is 37.7 Å².